The van der Waals surface area contributed by atoms with Crippen LogP contribution in [0, 0.1) is 0 Å². The van der Waals surface area contributed by atoms with Gasteiger partial charge in [0.25, 0.3) is 5.91 Å². The van der Waals surface area contributed by atoms with E-state index in [1.807, 2.05) is 6.92 Å². The van der Waals surface area contributed by atoms with E-state index in [-0.39, 0.29) is 5.91 Å². The quantitative estimate of drug-likeness (QED) is 0.523. The first-order chi connectivity index (χ1) is 9.67. The Hall–Kier alpha value is -1.79. The molecular weight excluding hydrogens is 260 g/mol. The Labute approximate surface area is 119 Å². The summed E-state index contributed by atoms with van der Waals surface area (Å²) in [5, 5.41) is 2.76. The van der Waals surface area contributed by atoms with Gasteiger partial charge in [-0.25, -0.2) is 0 Å². The minimum Gasteiger partial charge on any atom is -0.494 e. The molecule has 0 aliphatic rings. The first-order valence-corrected chi connectivity index (χ1v) is 6.55. The Balaban J connectivity index is 2.42. The topological polar surface area (TPSA) is 82.8 Å². The summed E-state index contributed by atoms with van der Waals surface area (Å²) >= 11 is 0. The van der Waals surface area contributed by atoms with Gasteiger partial charge in [0.1, 0.15) is 5.75 Å². The van der Waals surface area contributed by atoms with E-state index >= 15 is 0 Å². The van der Waals surface area contributed by atoms with Crippen LogP contribution in [0.15, 0.2) is 18.2 Å². The Kier molecular flexibility index (Phi) is 7.46. The normalized spacial score (nSPS) is 10.3. The third-order valence-corrected chi connectivity index (χ3v) is 2.47. The summed E-state index contributed by atoms with van der Waals surface area (Å²) in [5.74, 6) is 0.391. The number of amides is 1. The van der Waals surface area contributed by atoms with Crippen molar-refractivity contribution in [3.8, 4) is 5.75 Å². The lowest BCUT2D eigenvalue weighted by Gasteiger charge is -2.09. The van der Waals surface area contributed by atoms with Crippen molar-refractivity contribution in [2.45, 2.75) is 6.92 Å². The zero-order valence-corrected chi connectivity index (χ0v) is 12.0. The minimum atomic E-state index is -0.200. The Bertz CT molecular complexity index is 424. The largest absolute Gasteiger partial charge is 0.494 e. The summed E-state index contributed by atoms with van der Waals surface area (Å²) in [6, 6.07) is 4.97. The van der Waals surface area contributed by atoms with Gasteiger partial charge in [0.15, 0.2) is 0 Å². The molecule has 1 amide bonds. The minimum absolute atomic E-state index is 0.200. The first kappa shape index (κ1) is 16.3. The molecule has 1 rings (SSSR count). The predicted octanol–water partition coefficient (Wildman–Crippen LogP) is 1.06. The lowest BCUT2D eigenvalue weighted by molar-refractivity contribution is 0.0692. The Morgan fingerprint density at radius 3 is 2.75 bits per heavy atom. The van der Waals surface area contributed by atoms with Crippen LogP contribution in [0.2, 0.25) is 0 Å². The van der Waals surface area contributed by atoms with Crippen molar-refractivity contribution in [3.05, 3.63) is 23.8 Å². The van der Waals surface area contributed by atoms with E-state index in [9.17, 15) is 4.79 Å². The van der Waals surface area contributed by atoms with Crippen molar-refractivity contribution >= 4 is 11.6 Å². The lowest BCUT2D eigenvalue weighted by Crippen LogP contribution is -2.27. The molecule has 0 aromatic heterocycles. The van der Waals surface area contributed by atoms with Crippen molar-refractivity contribution in [3.63, 3.8) is 0 Å². The number of benzene rings is 1. The molecule has 0 bridgehead atoms. The van der Waals surface area contributed by atoms with E-state index in [2.05, 4.69) is 5.32 Å². The molecule has 0 fully saturated rings. The number of hydrogen-bond donors (Lipinski definition) is 2. The third kappa shape index (κ3) is 5.90. The predicted molar refractivity (Wildman–Crippen MR) is 77.1 cm³/mol. The van der Waals surface area contributed by atoms with Gasteiger partial charge in [-0.2, -0.15) is 0 Å². The van der Waals surface area contributed by atoms with Gasteiger partial charge in [0.2, 0.25) is 0 Å². The van der Waals surface area contributed by atoms with Crippen molar-refractivity contribution in [1.29, 1.82) is 0 Å². The second-order valence-electron chi connectivity index (χ2n) is 4.08. The van der Waals surface area contributed by atoms with Gasteiger partial charge in [-0.3, -0.25) is 4.79 Å². The summed E-state index contributed by atoms with van der Waals surface area (Å²) in [7, 11) is 1.61. The average Bonchev–Trinajstić information content (AvgIpc) is 2.42. The molecular formula is C14H22N2O4. The van der Waals surface area contributed by atoms with Crippen LogP contribution in [0.4, 0.5) is 5.69 Å². The second-order valence-corrected chi connectivity index (χ2v) is 4.08. The van der Waals surface area contributed by atoms with E-state index in [4.69, 9.17) is 19.9 Å². The molecule has 0 aliphatic carbocycles. The lowest BCUT2D eigenvalue weighted by atomic mass is 10.1. The molecule has 0 heterocycles. The Morgan fingerprint density at radius 1 is 1.25 bits per heavy atom. The highest BCUT2D eigenvalue weighted by molar-refractivity contribution is 5.95. The standard InChI is InChI=1S/C14H22N2O4/c1-3-20-13-9-11(8-12(15)10-13)14(17)16-4-5-19-7-6-18-2/h8-10H,3-7,15H2,1-2H3,(H,16,17). The van der Waals surface area contributed by atoms with Crippen LogP contribution < -0.4 is 15.8 Å². The maximum Gasteiger partial charge on any atom is 0.251 e. The summed E-state index contributed by atoms with van der Waals surface area (Å²) in [5.41, 5.74) is 6.71. The van der Waals surface area contributed by atoms with Gasteiger partial charge in [-0.1, -0.05) is 0 Å². The van der Waals surface area contributed by atoms with Crippen LogP contribution in [0.3, 0.4) is 0 Å². The summed E-state index contributed by atoms with van der Waals surface area (Å²) in [4.78, 5) is 11.9. The first-order valence-electron chi connectivity index (χ1n) is 6.55. The number of rotatable bonds is 9. The number of nitrogen functional groups attached to an aromatic ring is 1. The highest BCUT2D eigenvalue weighted by Crippen LogP contribution is 2.18. The van der Waals surface area contributed by atoms with Crippen LogP contribution in [-0.2, 0) is 9.47 Å². The molecule has 3 N–H and O–H groups in total. The van der Waals surface area contributed by atoms with Gasteiger partial charge in [-0.05, 0) is 19.1 Å². The fourth-order valence-electron chi connectivity index (χ4n) is 1.59. The number of nitrogens with one attached hydrogen (secondary N) is 1. The van der Waals surface area contributed by atoms with Crippen molar-refractivity contribution in [2.75, 3.05) is 45.8 Å². The Morgan fingerprint density at radius 2 is 2.05 bits per heavy atom. The molecule has 112 valence electrons. The van der Waals surface area contributed by atoms with Crippen LogP contribution in [0.1, 0.15) is 17.3 Å². The zero-order valence-electron chi connectivity index (χ0n) is 12.0. The molecule has 0 atom stereocenters. The number of carbonyl (C=O) groups excluding carboxylic acids is 1. The van der Waals surface area contributed by atoms with E-state index in [1.165, 1.54) is 0 Å². The SMILES string of the molecule is CCOc1cc(N)cc(C(=O)NCCOCCOC)c1. The van der Waals surface area contributed by atoms with Gasteiger partial charge in [-0.15, -0.1) is 0 Å². The van der Waals surface area contributed by atoms with Crippen LogP contribution in [-0.4, -0.2) is 46.0 Å². The highest BCUT2D eigenvalue weighted by atomic mass is 16.5. The number of nitrogens with two attached hydrogens (primary N) is 1. The molecule has 0 radical (unpaired) electrons. The number of methoxy groups -OCH3 is 1. The smallest absolute Gasteiger partial charge is 0.251 e. The van der Waals surface area contributed by atoms with Gasteiger partial charge in [0, 0.05) is 31.0 Å². The van der Waals surface area contributed by atoms with Crippen LogP contribution >= 0.6 is 0 Å². The maximum absolute atomic E-state index is 11.9. The molecule has 1 aromatic carbocycles. The van der Waals surface area contributed by atoms with Gasteiger partial charge in [0.05, 0.1) is 26.4 Å². The number of hydrogen-bond acceptors (Lipinski definition) is 5. The summed E-state index contributed by atoms with van der Waals surface area (Å²) in [6.45, 7) is 4.33. The molecule has 0 saturated heterocycles. The van der Waals surface area contributed by atoms with E-state index in [0.717, 1.165) is 0 Å². The van der Waals surface area contributed by atoms with E-state index in [0.29, 0.717) is 50.0 Å². The molecule has 0 unspecified atom stereocenters. The zero-order chi connectivity index (χ0) is 14.8. The number of ether oxygens (including phenoxy) is 3. The van der Waals surface area contributed by atoms with Crippen molar-refractivity contribution in [1.82, 2.24) is 5.32 Å². The van der Waals surface area contributed by atoms with E-state index < -0.39 is 0 Å². The van der Waals surface area contributed by atoms with Crippen LogP contribution in [0.5, 0.6) is 5.75 Å². The molecule has 6 heteroatoms. The van der Waals surface area contributed by atoms with Gasteiger partial charge >= 0.3 is 0 Å². The number of anilines is 1. The second kappa shape index (κ2) is 9.17. The molecule has 0 spiro atoms. The summed E-state index contributed by atoms with van der Waals surface area (Å²) < 4.78 is 15.5. The molecule has 6 nitrogen and oxygen atoms in total. The molecule has 0 saturated carbocycles. The van der Waals surface area contributed by atoms with Crippen LogP contribution in [0.25, 0.3) is 0 Å². The number of carbonyl (C=O) groups is 1. The fourth-order valence-corrected chi connectivity index (χ4v) is 1.59. The van der Waals surface area contributed by atoms with Gasteiger partial charge < -0.3 is 25.3 Å². The highest BCUT2D eigenvalue weighted by Gasteiger charge is 2.08. The van der Waals surface area contributed by atoms with E-state index in [1.54, 1.807) is 25.3 Å². The molecule has 1 aromatic rings. The third-order valence-electron chi connectivity index (χ3n) is 2.47. The summed E-state index contributed by atoms with van der Waals surface area (Å²) in [6.07, 6.45) is 0. The maximum atomic E-state index is 11.9. The monoisotopic (exact) mass is 282 g/mol. The van der Waals surface area contributed by atoms with Crippen molar-refractivity contribution in [2.24, 2.45) is 0 Å². The average molecular weight is 282 g/mol. The fraction of sp³-hybridized carbons (Fsp3) is 0.500. The van der Waals surface area contributed by atoms with Crippen molar-refractivity contribution < 1.29 is 19.0 Å². The molecule has 0 aliphatic heterocycles. The molecule has 20 heavy (non-hydrogen) atoms.